The molecule has 1 N–H and O–H groups in total. The molecule has 0 aliphatic heterocycles. The SMILES string of the molecule is CCCCC(NC(C)C)c1cc2cccc(Cl)c2o1. The molecule has 0 aliphatic rings. The largest absolute Gasteiger partial charge is 0.458 e. The third kappa shape index (κ3) is 3.52. The summed E-state index contributed by atoms with van der Waals surface area (Å²) in [6.07, 6.45) is 3.47. The van der Waals surface area contributed by atoms with Crippen molar-refractivity contribution < 1.29 is 4.42 Å². The maximum atomic E-state index is 6.17. The maximum Gasteiger partial charge on any atom is 0.152 e. The average Bonchev–Trinajstić information content (AvgIpc) is 2.79. The summed E-state index contributed by atoms with van der Waals surface area (Å²) in [4.78, 5) is 0. The van der Waals surface area contributed by atoms with Gasteiger partial charge >= 0.3 is 0 Å². The number of nitrogens with one attached hydrogen (secondary N) is 1. The van der Waals surface area contributed by atoms with Crippen LogP contribution in [0.3, 0.4) is 0 Å². The van der Waals surface area contributed by atoms with E-state index in [-0.39, 0.29) is 6.04 Å². The van der Waals surface area contributed by atoms with Gasteiger partial charge in [0.15, 0.2) is 5.58 Å². The average molecular weight is 280 g/mol. The lowest BCUT2D eigenvalue weighted by Gasteiger charge is -2.19. The van der Waals surface area contributed by atoms with Crippen molar-refractivity contribution in [2.24, 2.45) is 0 Å². The fourth-order valence-corrected chi connectivity index (χ4v) is 2.56. The van der Waals surface area contributed by atoms with Crippen LogP contribution < -0.4 is 5.32 Å². The van der Waals surface area contributed by atoms with Gasteiger partial charge in [-0.25, -0.2) is 0 Å². The molecule has 19 heavy (non-hydrogen) atoms. The molecule has 1 aromatic heterocycles. The summed E-state index contributed by atoms with van der Waals surface area (Å²) in [6, 6.07) is 8.68. The van der Waals surface area contributed by atoms with Crippen molar-refractivity contribution in [1.82, 2.24) is 5.32 Å². The first-order chi connectivity index (χ1) is 9.11. The summed E-state index contributed by atoms with van der Waals surface area (Å²) in [6.45, 7) is 6.53. The van der Waals surface area contributed by atoms with Crippen LogP contribution in [0, 0.1) is 0 Å². The van der Waals surface area contributed by atoms with Crippen LogP contribution in [0.25, 0.3) is 11.0 Å². The predicted octanol–water partition coefficient (Wildman–Crippen LogP) is 5.32. The summed E-state index contributed by atoms with van der Waals surface area (Å²) in [5, 5.41) is 5.34. The molecule has 0 fully saturated rings. The number of unbranched alkanes of at least 4 members (excludes halogenated alkanes) is 1. The second-order valence-electron chi connectivity index (χ2n) is 5.32. The van der Waals surface area contributed by atoms with Gasteiger partial charge in [0.25, 0.3) is 0 Å². The van der Waals surface area contributed by atoms with Crippen LogP contribution in [0.4, 0.5) is 0 Å². The van der Waals surface area contributed by atoms with Gasteiger partial charge in [-0.05, 0) is 18.6 Å². The highest BCUT2D eigenvalue weighted by Crippen LogP contribution is 2.31. The fraction of sp³-hybridized carbons (Fsp3) is 0.500. The zero-order chi connectivity index (χ0) is 13.8. The molecule has 0 aliphatic carbocycles. The third-order valence-corrected chi connectivity index (χ3v) is 3.54. The quantitative estimate of drug-likeness (QED) is 0.774. The van der Waals surface area contributed by atoms with Crippen LogP contribution >= 0.6 is 11.6 Å². The minimum atomic E-state index is 0.267. The highest BCUT2D eigenvalue weighted by atomic mass is 35.5. The lowest BCUT2D eigenvalue weighted by Crippen LogP contribution is -2.27. The molecule has 2 rings (SSSR count). The number of rotatable bonds is 6. The van der Waals surface area contributed by atoms with Crippen molar-refractivity contribution in [2.75, 3.05) is 0 Å². The third-order valence-electron chi connectivity index (χ3n) is 3.24. The zero-order valence-electron chi connectivity index (χ0n) is 11.9. The molecule has 3 heteroatoms. The second kappa shape index (κ2) is 6.44. The number of furan rings is 1. The molecule has 2 nitrogen and oxygen atoms in total. The molecule has 0 saturated heterocycles. The van der Waals surface area contributed by atoms with E-state index in [1.54, 1.807) is 0 Å². The van der Waals surface area contributed by atoms with Crippen LogP contribution in [0.1, 0.15) is 51.8 Å². The van der Waals surface area contributed by atoms with Gasteiger partial charge in [-0.2, -0.15) is 0 Å². The number of benzene rings is 1. The molecule has 1 aromatic carbocycles. The van der Waals surface area contributed by atoms with Crippen molar-refractivity contribution in [3.63, 3.8) is 0 Å². The molecule has 1 unspecified atom stereocenters. The Kier molecular flexibility index (Phi) is 4.89. The molecule has 0 radical (unpaired) electrons. The molecular formula is C16H22ClNO. The summed E-state index contributed by atoms with van der Waals surface area (Å²) in [5.41, 5.74) is 0.797. The Morgan fingerprint density at radius 1 is 1.32 bits per heavy atom. The van der Waals surface area contributed by atoms with E-state index in [2.05, 4.69) is 32.2 Å². The van der Waals surface area contributed by atoms with Crippen LogP contribution in [-0.4, -0.2) is 6.04 Å². The molecule has 1 heterocycles. The number of hydrogen-bond acceptors (Lipinski definition) is 2. The number of halogens is 1. The normalized spacial score (nSPS) is 13.3. The van der Waals surface area contributed by atoms with Crippen molar-refractivity contribution in [3.8, 4) is 0 Å². The molecule has 0 spiro atoms. The van der Waals surface area contributed by atoms with Gasteiger partial charge in [0, 0.05) is 11.4 Å². The van der Waals surface area contributed by atoms with E-state index >= 15 is 0 Å². The Labute approximate surface area is 120 Å². The van der Waals surface area contributed by atoms with Crippen molar-refractivity contribution in [2.45, 2.75) is 52.1 Å². The first-order valence-electron chi connectivity index (χ1n) is 7.05. The first kappa shape index (κ1) is 14.4. The van der Waals surface area contributed by atoms with Gasteiger partial charge in [0.1, 0.15) is 5.76 Å². The lowest BCUT2D eigenvalue weighted by molar-refractivity contribution is 0.377. The number of hydrogen-bond donors (Lipinski definition) is 1. The van der Waals surface area contributed by atoms with Crippen molar-refractivity contribution >= 4 is 22.6 Å². The topological polar surface area (TPSA) is 25.2 Å². The van der Waals surface area contributed by atoms with E-state index < -0.39 is 0 Å². The fourth-order valence-electron chi connectivity index (χ4n) is 2.34. The van der Waals surface area contributed by atoms with Gasteiger partial charge in [0.2, 0.25) is 0 Å². The van der Waals surface area contributed by atoms with Crippen LogP contribution in [0.2, 0.25) is 5.02 Å². The summed E-state index contributed by atoms with van der Waals surface area (Å²) in [5.74, 6) is 0.991. The second-order valence-corrected chi connectivity index (χ2v) is 5.73. The van der Waals surface area contributed by atoms with Gasteiger partial charge < -0.3 is 9.73 Å². The van der Waals surface area contributed by atoms with Gasteiger partial charge in [-0.1, -0.05) is 57.3 Å². The smallest absolute Gasteiger partial charge is 0.152 e. The Balaban J connectivity index is 2.29. The number of para-hydroxylation sites is 1. The number of fused-ring (bicyclic) bond motifs is 1. The Bertz CT molecular complexity index is 533. The van der Waals surface area contributed by atoms with E-state index in [0.29, 0.717) is 11.1 Å². The van der Waals surface area contributed by atoms with E-state index in [0.717, 1.165) is 23.2 Å². The maximum absolute atomic E-state index is 6.17. The van der Waals surface area contributed by atoms with Crippen molar-refractivity contribution in [1.29, 1.82) is 0 Å². The molecule has 104 valence electrons. The Morgan fingerprint density at radius 3 is 2.74 bits per heavy atom. The van der Waals surface area contributed by atoms with Crippen LogP contribution in [0.5, 0.6) is 0 Å². The highest BCUT2D eigenvalue weighted by Gasteiger charge is 2.17. The van der Waals surface area contributed by atoms with Crippen LogP contribution in [0.15, 0.2) is 28.7 Å². The first-order valence-corrected chi connectivity index (χ1v) is 7.43. The van der Waals surface area contributed by atoms with E-state index in [1.165, 1.54) is 12.8 Å². The zero-order valence-corrected chi connectivity index (χ0v) is 12.6. The lowest BCUT2D eigenvalue weighted by atomic mass is 10.1. The van der Waals surface area contributed by atoms with Gasteiger partial charge in [-0.3, -0.25) is 0 Å². The van der Waals surface area contributed by atoms with Gasteiger partial charge in [0.05, 0.1) is 11.1 Å². The minimum Gasteiger partial charge on any atom is -0.458 e. The summed E-state index contributed by atoms with van der Waals surface area (Å²) < 4.78 is 5.96. The van der Waals surface area contributed by atoms with E-state index in [1.807, 2.05) is 18.2 Å². The van der Waals surface area contributed by atoms with E-state index in [9.17, 15) is 0 Å². The molecule has 0 amide bonds. The molecule has 2 aromatic rings. The monoisotopic (exact) mass is 279 g/mol. The van der Waals surface area contributed by atoms with Gasteiger partial charge in [-0.15, -0.1) is 0 Å². The Morgan fingerprint density at radius 2 is 2.11 bits per heavy atom. The highest BCUT2D eigenvalue weighted by molar-refractivity contribution is 6.34. The molecular weight excluding hydrogens is 258 g/mol. The Hall–Kier alpha value is -0.990. The molecule has 0 saturated carbocycles. The standard InChI is InChI=1S/C16H22ClNO/c1-4-5-9-14(18-11(2)3)15-10-12-7-6-8-13(17)16(12)19-15/h6-8,10-11,14,18H,4-5,9H2,1-3H3. The van der Waals surface area contributed by atoms with Crippen LogP contribution in [-0.2, 0) is 0 Å². The van der Waals surface area contributed by atoms with Crippen molar-refractivity contribution in [3.05, 3.63) is 35.0 Å². The summed E-state index contributed by atoms with van der Waals surface area (Å²) >= 11 is 6.17. The minimum absolute atomic E-state index is 0.267. The molecule has 0 bridgehead atoms. The van der Waals surface area contributed by atoms with E-state index in [4.69, 9.17) is 16.0 Å². The summed E-state index contributed by atoms with van der Waals surface area (Å²) in [7, 11) is 0. The molecule has 1 atom stereocenters. The predicted molar refractivity (Wildman–Crippen MR) is 81.8 cm³/mol.